The number of carbonyl (C=O) groups excluding carboxylic acids is 1. The number of rotatable bonds is 8. The van der Waals surface area contributed by atoms with Crippen LogP contribution in [0.2, 0.25) is 10.0 Å². The van der Waals surface area contributed by atoms with E-state index < -0.39 is 17.4 Å². The molecule has 4 aromatic rings. The van der Waals surface area contributed by atoms with Crippen molar-refractivity contribution in [3.63, 3.8) is 0 Å². The van der Waals surface area contributed by atoms with E-state index in [-0.39, 0.29) is 16.9 Å². The maximum Gasteiger partial charge on any atom is 0.265 e. The first kappa shape index (κ1) is 26.2. The molecular weight excluding hydrogens is 521 g/mol. The molecule has 0 saturated carbocycles. The summed E-state index contributed by atoms with van der Waals surface area (Å²) < 4.78 is 28.0. The maximum absolute atomic E-state index is 13.5. The number of nitrogens with one attached hydrogen (secondary N) is 1. The largest absolute Gasteiger partial charge is 0.495 e. The van der Waals surface area contributed by atoms with Crippen molar-refractivity contribution >= 4 is 45.8 Å². The summed E-state index contributed by atoms with van der Waals surface area (Å²) in [5.74, 6) is 0.735. The monoisotopic (exact) mass is 543 g/mol. The van der Waals surface area contributed by atoms with Gasteiger partial charge in [-0.3, -0.25) is 9.59 Å². The lowest BCUT2D eigenvalue weighted by Gasteiger charge is -2.18. The molecule has 1 amide bonds. The van der Waals surface area contributed by atoms with E-state index in [9.17, 15) is 9.59 Å². The van der Waals surface area contributed by atoms with Gasteiger partial charge in [-0.2, -0.15) is 0 Å². The van der Waals surface area contributed by atoms with Gasteiger partial charge in [0, 0.05) is 15.6 Å². The van der Waals surface area contributed by atoms with Crippen LogP contribution in [0, 0.1) is 0 Å². The van der Waals surface area contributed by atoms with Crippen LogP contribution in [0.25, 0.3) is 22.3 Å². The minimum absolute atomic E-state index is 0.112. The molecule has 0 spiro atoms. The molecule has 0 bridgehead atoms. The minimum Gasteiger partial charge on any atom is -0.495 e. The quantitative estimate of drug-likeness (QED) is 0.282. The molecule has 192 valence electrons. The van der Waals surface area contributed by atoms with E-state index in [1.54, 1.807) is 48.5 Å². The average molecular weight is 544 g/mol. The van der Waals surface area contributed by atoms with E-state index in [0.717, 1.165) is 0 Å². The number of ether oxygens (including phenoxy) is 4. The lowest BCUT2D eigenvalue weighted by Crippen LogP contribution is -2.32. The number of hydrogen-bond acceptors (Lipinski definition) is 7. The highest BCUT2D eigenvalue weighted by atomic mass is 35.5. The Morgan fingerprint density at radius 2 is 1.51 bits per heavy atom. The molecule has 0 aliphatic carbocycles. The zero-order valence-electron chi connectivity index (χ0n) is 20.4. The van der Waals surface area contributed by atoms with Crippen molar-refractivity contribution in [2.75, 3.05) is 26.6 Å². The summed E-state index contributed by atoms with van der Waals surface area (Å²) in [5, 5.41) is 3.68. The molecule has 1 atom stereocenters. The van der Waals surface area contributed by atoms with Crippen molar-refractivity contribution < 1.29 is 28.2 Å². The maximum atomic E-state index is 13.5. The molecule has 0 fully saturated rings. The normalized spacial score (nSPS) is 11.6. The molecule has 37 heavy (non-hydrogen) atoms. The lowest BCUT2D eigenvalue weighted by molar-refractivity contribution is -0.122. The van der Waals surface area contributed by atoms with Crippen LogP contribution in [-0.2, 0) is 4.79 Å². The molecule has 10 heteroatoms. The molecule has 0 radical (unpaired) electrons. The van der Waals surface area contributed by atoms with Crippen molar-refractivity contribution in [1.82, 2.24) is 0 Å². The van der Waals surface area contributed by atoms with Gasteiger partial charge in [0.2, 0.25) is 11.2 Å². The average Bonchev–Trinajstić information content (AvgIpc) is 2.90. The summed E-state index contributed by atoms with van der Waals surface area (Å²) in [5.41, 5.74) is 0.638. The number of amides is 1. The standard InChI is InChI=1S/C27H23Cl2NO7/c1-14(27(32)30-19-13-17(29)7-10-21(19)33-2)36-26-24(31)18-12-16(28)6-9-20(18)37-25(26)15-5-8-22(34-3)23(11-15)35-4/h5-14H,1-4H3,(H,30,32). The molecule has 1 unspecified atom stereocenters. The Balaban J connectivity index is 1.78. The smallest absolute Gasteiger partial charge is 0.265 e. The van der Waals surface area contributed by atoms with E-state index in [1.807, 2.05) is 0 Å². The summed E-state index contributed by atoms with van der Waals surface area (Å²) in [6, 6.07) is 14.5. The van der Waals surface area contributed by atoms with E-state index in [2.05, 4.69) is 5.32 Å². The van der Waals surface area contributed by atoms with Crippen molar-refractivity contribution in [3.8, 4) is 34.3 Å². The van der Waals surface area contributed by atoms with E-state index in [0.29, 0.717) is 44.1 Å². The molecule has 3 aromatic carbocycles. The molecular formula is C27H23Cl2NO7. The summed E-state index contributed by atoms with van der Waals surface area (Å²) >= 11 is 12.2. The van der Waals surface area contributed by atoms with Crippen LogP contribution >= 0.6 is 23.2 Å². The fourth-order valence-corrected chi connectivity index (χ4v) is 4.01. The minimum atomic E-state index is -1.11. The molecule has 0 aliphatic rings. The van der Waals surface area contributed by atoms with Gasteiger partial charge in [0.05, 0.1) is 32.4 Å². The first-order chi connectivity index (χ1) is 17.7. The topological polar surface area (TPSA) is 96.2 Å². The van der Waals surface area contributed by atoms with Crippen LogP contribution in [0.4, 0.5) is 5.69 Å². The van der Waals surface area contributed by atoms with Crippen LogP contribution in [0.3, 0.4) is 0 Å². The van der Waals surface area contributed by atoms with Crippen molar-refractivity contribution in [2.45, 2.75) is 13.0 Å². The highest BCUT2D eigenvalue weighted by molar-refractivity contribution is 6.31. The zero-order chi connectivity index (χ0) is 26.7. The predicted molar refractivity (Wildman–Crippen MR) is 143 cm³/mol. The Morgan fingerprint density at radius 3 is 2.22 bits per heavy atom. The Labute approximate surface area is 222 Å². The van der Waals surface area contributed by atoms with Gasteiger partial charge in [0.1, 0.15) is 11.3 Å². The fourth-order valence-electron chi connectivity index (χ4n) is 3.67. The van der Waals surface area contributed by atoms with Gasteiger partial charge in [-0.15, -0.1) is 0 Å². The molecule has 4 rings (SSSR count). The summed E-state index contributed by atoms with van der Waals surface area (Å²) in [6.45, 7) is 1.51. The highest BCUT2D eigenvalue weighted by Crippen LogP contribution is 2.37. The van der Waals surface area contributed by atoms with Crippen LogP contribution in [0.5, 0.6) is 23.0 Å². The summed E-state index contributed by atoms with van der Waals surface area (Å²) in [6.07, 6.45) is -1.11. The first-order valence-corrected chi connectivity index (χ1v) is 11.8. The van der Waals surface area contributed by atoms with Gasteiger partial charge in [-0.05, 0) is 61.5 Å². The zero-order valence-corrected chi connectivity index (χ0v) is 21.9. The second kappa shape index (κ2) is 11.0. The SMILES string of the molecule is COc1ccc(Cl)cc1NC(=O)C(C)Oc1c(-c2ccc(OC)c(OC)c2)oc2ccc(Cl)cc2c1=O. The second-order valence-corrected chi connectivity index (χ2v) is 8.77. The van der Waals surface area contributed by atoms with E-state index in [4.69, 9.17) is 46.6 Å². The number of carbonyl (C=O) groups is 1. The number of benzene rings is 3. The molecule has 1 aromatic heterocycles. The van der Waals surface area contributed by atoms with Crippen molar-refractivity contribution in [3.05, 3.63) is 74.9 Å². The molecule has 1 N–H and O–H groups in total. The third-order valence-corrected chi connectivity index (χ3v) is 6.01. The Hall–Kier alpha value is -3.88. The predicted octanol–water partition coefficient (Wildman–Crippen LogP) is 6.20. The number of halogens is 2. The van der Waals surface area contributed by atoms with Crippen LogP contribution < -0.4 is 29.7 Å². The number of methoxy groups -OCH3 is 3. The fraction of sp³-hybridized carbons (Fsp3) is 0.185. The second-order valence-electron chi connectivity index (χ2n) is 7.89. The van der Waals surface area contributed by atoms with Gasteiger partial charge in [-0.25, -0.2) is 0 Å². The summed E-state index contributed by atoms with van der Waals surface area (Å²) in [7, 11) is 4.48. The van der Waals surface area contributed by atoms with E-state index >= 15 is 0 Å². The third-order valence-electron chi connectivity index (χ3n) is 5.54. The molecule has 1 heterocycles. The van der Waals surface area contributed by atoms with Crippen LogP contribution in [-0.4, -0.2) is 33.3 Å². The Bertz CT molecular complexity index is 1530. The number of hydrogen-bond donors (Lipinski definition) is 1. The van der Waals surface area contributed by atoms with Crippen LogP contribution in [0.1, 0.15) is 6.92 Å². The van der Waals surface area contributed by atoms with Crippen molar-refractivity contribution in [2.24, 2.45) is 0 Å². The highest BCUT2D eigenvalue weighted by Gasteiger charge is 2.25. The van der Waals surface area contributed by atoms with Gasteiger partial charge in [0.25, 0.3) is 5.91 Å². The molecule has 0 aliphatic heterocycles. The lowest BCUT2D eigenvalue weighted by atomic mass is 10.1. The van der Waals surface area contributed by atoms with E-state index in [1.165, 1.54) is 34.3 Å². The first-order valence-electron chi connectivity index (χ1n) is 11.1. The van der Waals surface area contributed by atoms with Gasteiger partial charge >= 0.3 is 0 Å². The van der Waals surface area contributed by atoms with Gasteiger partial charge in [-0.1, -0.05) is 23.2 Å². The number of fused-ring (bicyclic) bond motifs is 1. The van der Waals surface area contributed by atoms with Crippen LogP contribution in [0.15, 0.2) is 63.8 Å². The third kappa shape index (κ3) is 5.45. The van der Waals surface area contributed by atoms with Gasteiger partial charge < -0.3 is 28.7 Å². The Morgan fingerprint density at radius 1 is 0.865 bits per heavy atom. The molecule has 0 saturated heterocycles. The Kier molecular flexibility index (Phi) is 7.80. The van der Waals surface area contributed by atoms with Crippen molar-refractivity contribution in [1.29, 1.82) is 0 Å². The van der Waals surface area contributed by atoms with Gasteiger partial charge in [0.15, 0.2) is 23.4 Å². The molecule has 8 nitrogen and oxygen atoms in total. The summed E-state index contributed by atoms with van der Waals surface area (Å²) in [4.78, 5) is 26.6. The number of anilines is 1.